The van der Waals surface area contributed by atoms with Crippen molar-refractivity contribution in [2.75, 3.05) is 6.73 Å². The van der Waals surface area contributed by atoms with E-state index >= 15 is 0 Å². The first-order valence-electron chi connectivity index (χ1n) is 9.11. The zero-order valence-corrected chi connectivity index (χ0v) is 15.5. The van der Waals surface area contributed by atoms with Crippen LogP contribution in [0.2, 0.25) is 0 Å². The molecule has 3 atom stereocenters. The summed E-state index contributed by atoms with van der Waals surface area (Å²) in [5.74, 6) is -0.993. The first-order chi connectivity index (χ1) is 11.7. The third-order valence-electron chi connectivity index (χ3n) is 5.99. The number of nitrogens with zero attached hydrogens (tertiary/aromatic N) is 1. The molecule has 3 rings (SSSR count). The van der Waals surface area contributed by atoms with Crippen LogP contribution < -0.4 is 0 Å². The van der Waals surface area contributed by atoms with E-state index in [1.165, 1.54) is 5.57 Å². The molecule has 136 valence electrons. The summed E-state index contributed by atoms with van der Waals surface area (Å²) in [4.78, 5) is 38.3. The fraction of sp³-hybridized carbons (Fsp3) is 0.650. The number of hydrogen-bond acceptors (Lipinski definition) is 4. The molecule has 25 heavy (non-hydrogen) atoms. The Hall–Kier alpha value is -1.91. The number of ether oxygens (including phenoxy) is 1. The van der Waals surface area contributed by atoms with Crippen molar-refractivity contribution in [3.63, 3.8) is 0 Å². The predicted octanol–water partition coefficient (Wildman–Crippen LogP) is 3.21. The maximum Gasteiger partial charge on any atom is 0.311 e. The summed E-state index contributed by atoms with van der Waals surface area (Å²) < 4.78 is 5.36. The van der Waals surface area contributed by atoms with Gasteiger partial charge in [-0.25, -0.2) is 4.90 Å². The number of rotatable bonds is 4. The summed E-state index contributed by atoms with van der Waals surface area (Å²) in [6.07, 6.45) is 7.28. The second-order valence-electron chi connectivity index (χ2n) is 8.27. The van der Waals surface area contributed by atoms with Gasteiger partial charge in [0, 0.05) is 5.57 Å². The van der Waals surface area contributed by atoms with Crippen LogP contribution in [0.3, 0.4) is 0 Å². The van der Waals surface area contributed by atoms with Crippen LogP contribution in [0, 0.1) is 23.2 Å². The van der Waals surface area contributed by atoms with Gasteiger partial charge in [-0.2, -0.15) is 0 Å². The highest BCUT2D eigenvalue weighted by Gasteiger charge is 2.52. The van der Waals surface area contributed by atoms with Gasteiger partial charge in [-0.15, -0.1) is 0 Å². The quantitative estimate of drug-likeness (QED) is 0.446. The molecule has 0 aromatic rings. The fourth-order valence-electron chi connectivity index (χ4n) is 4.21. The Kier molecular flexibility index (Phi) is 4.60. The number of allylic oxidation sites excluding steroid dienone is 3. The van der Waals surface area contributed by atoms with Crippen LogP contribution >= 0.6 is 0 Å². The normalized spacial score (nSPS) is 30.3. The number of carbonyl (C=O) groups is 3. The summed E-state index contributed by atoms with van der Waals surface area (Å²) >= 11 is 0. The highest BCUT2D eigenvalue weighted by atomic mass is 16.5. The van der Waals surface area contributed by atoms with Crippen molar-refractivity contribution in [1.29, 1.82) is 0 Å². The van der Waals surface area contributed by atoms with Gasteiger partial charge in [0.2, 0.25) is 5.91 Å². The summed E-state index contributed by atoms with van der Waals surface area (Å²) in [6.45, 7) is 7.99. The monoisotopic (exact) mass is 345 g/mol. The summed E-state index contributed by atoms with van der Waals surface area (Å²) in [7, 11) is 0. The van der Waals surface area contributed by atoms with Gasteiger partial charge in [0.25, 0.3) is 5.91 Å². The summed E-state index contributed by atoms with van der Waals surface area (Å²) in [5.41, 5.74) is 1.66. The lowest BCUT2D eigenvalue weighted by Gasteiger charge is -2.49. The lowest BCUT2D eigenvalue weighted by Crippen LogP contribution is -2.49. The second kappa shape index (κ2) is 6.43. The van der Waals surface area contributed by atoms with E-state index in [1.807, 2.05) is 6.08 Å². The van der Waals surface area contributed by atoms with Crippen LogP contribution in [0.25, 0.3) is 0 Å². The minimum absolute atomic E-state index is 0.163. The third kappa shape index (κ3) is 3.05. The van der Waals surface area contributed by atoms with E-state index < -0.39 is 0 Å². The fourth-order valence-corrected chi connectivity index (χ4v) is 4.21. The van der Waals surface area contributed by atoms with E-state index in [2.05, 4.69) is 33.8 Å². The Bertz CT molecular complexity index is 669. The molecular weight excluding hydrogens is 318 g/mol. The standard InChI is InChI=1S/C20H27NO4/c1-12(2)9-13-10-16(20(13,3)4)19(24)25-11-21-17(22)14-7-5-6-8-15(14)18(21)23/h7,9,13,15-16H,5-6,8,10-11H2,1-4H3. The number of esters is 1. The number of imide groups is 1. The minimum Gasteiger partial charge on any atom is -0.443 e. The topological polar surface area (TPSA) is 63.7 Å². The molecule has 3 unspecified atom stereocenters. The van der Waals surface area contributed by atoms with Crippen molar-refractivity contribution >= 4 is 17.8 Å². The molecule has 0 aromatic carbocycles. The molecule has 1 saturated heterocycles. The molecule has 3 aliphatic rings. The lowest BCUT2D eigenvalue weighted by atomic mass is 9.54. The molecule has 0 radical (unpaired) electrons. The van der Waals surface area contributed by atoms with Crippen molar-refractivity contribution in [2.24, 2.45) is 23.2 Å². The molecule has 2 aliphatic carbocycles. The maximum absolute atomic E-state index is 12.5. The molecule has 1 heterocycles. The minimum atomic E-state index is -0.331. The second-order valence-corrected chi connectivity index (χ2v) is 8.27. The van der Waals surface area contributed by atoms with Gasteiger partial charge in [0.1, 0.15) is 0 Å². The van der Waals surface area contributed by atoms with Crippen LogP contribution in [-0.2, 0) is 19.1 Å². The number of likely N-dealkylation sites (tertiary alicyclic amines) is 1. The van der Waals surface area contributed by atoms with Gasteiger partial charge in [0.05, 0.1) is 11.8 Å². The zero-order chi connectivity index (χ0) is 18.4. The van der Waals surface area contributed by atoms with Gasteiger partial charge in [0.15, 0.2) is 6.73 Å². The molecule has 5 nitrogen and oxygen atoms in total. The van der Waals surface area contributed by atoms with E-state index in [0.29, 0.717) is 17.9 Å². The average molecular weight is 345 g/mol. The molecule has 2 fully saturated rings. The molecule has 0 aromatic heterocycles. The number of hydrogen-bond donors (Lipinski definition) is 0. The van der Waals surface area contributed by atoms with Crippen LogP contribution in [0.1, 0.15) is 53.4 Å². The Morgan fingerprint density at radius 3 is 2.68 bits per heavy atom. The largest absolute Gasteiger partial charge is 0.443 e. The molecule has 2 amide bonds. The SMILES string of the molecule is CC(C)=CC1CC(C(=O)OCN2C(=O)C3=CCCCC3C2=O)C1(C)C. The molecule has 0 N–H and O–H groups in total. The summed E-state index contributed by atoms with van der Waals surface area (Å²) in [6, 6.07) is 0. The van der Waals surface area contributed by atoms with Crippen LogP contribution in [0.5, 0.6) is 0 Å². The van der Waals surface area contributed by atoms with Gasteiger partial charge in [-0.3, -0.25) is 14.4 Å². The highest BCUT2D eigenvalue weighted by molar-refractivity contribution is 6.14. The van der Waals surface area contributed by atoms with Crippen molar-refractivity contribution in [3.05, 3.63) is 23.3 Å². The number of carbonyl (C=O) groups excluding carboxylic acids is 3. The zero-order valence-electron chi connectivity index (χ0n) is 15.5. The van der Waals surface area contributed by atoms with Gasteiger partial charge in [-0.1, -0.05) is 31.6 Å². The third-order valence-corrected chi connectivity index (χ3v) is 5.99. The Balaban J connectivity index is 1.59. The van der Waals surface area contributed by atoms with Gasteiger partial charge < -0.3 is 4.74 Å². The number of fused-ring (bicyclic) bond motifs is 1. The van der Waals surface area contributed by atoms with Crippen LogP contribution in [-0.4, -0.2) is 29.4 Å². The molecule has 5 heteroatoms. The van der Waals surface area contributed by atoms with E-state index in [9.17, 15) is 14.4 Å². The first kappa shape index (κ1) is 17.9. The van der Waals surface area contributed by atoms with Crippen molar-refractivity contribution in [3.8, 4) is 0 Å². The van der Waals surface area contributed by atoms with E-state index in [4.69, 9.17) is 4.74 Å². The van der Waals surface area contributed by atoms with Gasteiger partial charge >= 0.3 is 5.97 Å². The molecule has 0 spiro atoms. The van der Waals surface area contributed by atoms with Crippen molar-refractivity contribution in [1.82, 2.24) is 4.90 Å². The first-order valence-corrected chi connectivity index (χ1v) is 9.11. The molecular formula is C20H27NO4. The molecule has 1 saturated carbocycles. The average Bonchev–Trinajstić information content (AvgIpc) is 2.80. The van der Waals surface area contributed by atoms with Crippen LogP contribution in [0.15, 0.2) is 23.3 Å². The Morgan fingerprint density at radius 1 is 1.36 bits per heavy atom. The molecule has 0 bridgehead atoms. The van der Waals surface area contributed by atoms with E-state index in [1.54, 1.807) is 0 Å². The van der Waals surface area contributed by atoms with Crippen molar-refractivity contribution < 1.29 is 19.1 Å². The highest BCUT2D eigenvalue weighted by Crippen LogP contribution is 2.52. The van der Waals surface area contributed by atoms with Gasteiger partial charge in [-0.05, 0) is 50.9 Å². The lowest BCUT2D eigenvalue weighted by molar-refractivity contribution is -0.170. The number of amides is 2. The predicted molar refractivity (Wildman–Crippen MR) is 93.0 cm³/mol. The smallest absolute Gasteiger partial charge is 0.311 e. The maximum atomic E-state index is 12.5. The Labute approximate surface area is 149 Å². The van der Waals surface area contributed by atoms with Crippen molar-refractivity contribution in [2.45, 2.75) is 53.4 Å². The molecule has 1 aliphatic heterocycles. The summed E-state index contributed by atoms with van der Waals surface area (Å²) in [5, 5.41) is 0. The van der Waals surface area contributed by atoms with E-state index in [-0.39, 0.29) is 41.8 Å². The van der Waals surface area contributed by atoms with E-state index in [0.717, 1.165) is 24.2 Å². The van der Waals surface area contributed by atoms with Crippen LogP contribution in [0.4, 0.5) is 0 Å². The Morgan fingerprint density at radius 2 is 2.08 bits per heavy atom.